The summed E-state index contributed by atoms with van der Waals surface area (Å²) in [5.74, 6) is 0. The van der Waals surface area contributed by atoms with Crippen LogP contribution in [0.4, 0.5) is 0 Å². The quantitative estimate of drug-likeness (QED) is 0.667. The molecule has 0 aromatic heterocycles. The van der Waals surface area contributed by atoms with Crippen LogP contribution in [-0.2, 0) is 23.0 Å². The van der Waals surface area contributed by atoms with E-state index < -0.39 is 23.0 Å². The van der Waals surface area contributed by atoms with Crippen LogP contribution >= 0.6 is 0 Å². The van der Waals surface area contributed by atoms with E-state index in [1.54, 1.807) is 4.43 Å². The van der Waals surface area contributed by atoms with Crippen LogP contribution < -0.4 is 6.15 Å². The number of rotatable bonds is 0. The second-order valence-corrected chi connectivity index (χ2v) is 10.5. The van der Waals surface area contributed by atoms with Gasteiger partial charge in [0.1, 0.15) is 0 Å². The van der Waals surface area contributed by atoms with Gasteiger partial charge in [0.2, 0.25) is 0 Å². The standard InChI is InChI=1S/2CN.CH3.Hg.H3N/c2*1-2;;;/h;;1H3;;1H3. The van der Waals surface area contributed by atoms with Crippen LogP contribution in [-0.4, -0.2) is 0 Å². The van der Waals surface area contributed by atoms with Crippen LogP contribution in [0.2, 0.25) is 4.43 Å². The Morgan fingerprint density at radius 2 is 1.57 bits per heavy atom. The summed E-state index contributed by atoms with van der Waals surface area (Å²) >= 11 is -2.28. The van der Waals surface area contributed by atoms with Crippen molar-refractivity contribution in [2.24, 2.45) is 0 Å². The third-order valence-electron chi connectivity index (χ3n) is 0.474. The van der Waals surface area contributed by atoms with E-state index in [2.05, 4.69) is 0 Å². The molecule has 0 saturated carbocycles. The predicted octanol–water partition coefficient (Wildman–Crippen LogP) is 0.777. The molecule has 0 atom stereocenters. The Balaban J connectivity index is 0. The minimum atomic E-state index is -2.28. The van der Waals surface area contributed by atoms with Crippen molar-refractivity contribution in [1.29, 1.82) is 10.5 Å². The van der Waals surface area contributed by atoms with E-state index in [0.29, 0.717) is 0 Å². The average Bonchev–Trinajstić information content (AvgIpc) is 1.65. The van der Waals surface area contributed by atoms with Gasteiger partial charge in [-0.15, -0.1) is 0 Å². The summed E-state index contributed by atoms with van der Waals surface area (Å²) < 4.78 is 5.76. The molecular weight excluding hydrogens is 279 g/mol. The summed E-state index contributed by atoms with van der Waals surface area (Å²) in [6.45, 7) is 0. The topological polar surface area (TPSA) is 82.6 Å². The molecule has 0 aliphatic rings. The number of hydrogen-bond acceptors (Lipinski definition) is 3. The molecule has 3 nitrogen and oxygen atoms in total. The summed E-state index contributed by atoms with van der Waals surface area (Å²) in [5.41, 5.74) is 0. The molecule has 0 aromatic carbocycles. The van der Waals surface area contributed by atoms with E-state index in [-0.39, 0.29) is 6.15 Å². The molecule has 0 bridgehead atoms. The third kappa shape index (κ3) is 5.88. The Kier molecular flexibility index (Phi) is 8.38. The van der Waals surface area contributed by atoms with Gasteiger partial charge in [-0.1, -0.05) is 0 Å². The van der Waals surface area contributed by atoms with E-state index in [1.807, 2.05) is 7.16 Å². The molecule has 0 fully saturated rings. The van der Waals surface area contributed by atoms with E-state index in [4.69, 9.17) is 10.5 Å². The number of hydrogen-bond donors (Lipinski definition) is 1. The molecule has 0 rings (SSSR count). The molecule has 0 amide bonds. The molecule has 0 unspecified atom stereocenters. The number of nitriles is 2. The van der Waals surface area contributed by atoms with Crippen molar-refractivity contribution in [3.05, 3.63) is 0 Å². The van der Waals surface area contributed by atoms with Gasteiger partial charge in [-0.2, -0.15) is 0 Å². The van der Waals surface area contributed by atoms with Gasteiger partial charge in [0.05, 0.1) is 0 Å². The summed E-state index contributed by atoms with van der Waals surface area (Å²) in [6.07, 6.45) is 0. The molecule has 3 N–H and O–H groups in total. The first-order valence-electron chi connectivity index (χ1n) is 1.86. The van der Waals surface area contributed by atoms with Crippen molar-refractivity contribution in [1.82, 2.24) is 6.15 Å². The Bertz CT molecular complexity index is 94.3. The molecule has 4 heteroatoms. The van der Waals surface area contributed by atoms with Gasteiger partial charge in [0.25, 0.3) is 0 Å². The maximum absolute atomic E-state index is 7.97. The Hall–Kier alpha value is -0.125. The average molecular weight is 285 g/mol. The minimum absolute atomic E-state index is 0. The van der Waals surface area contributed by atoms with E-state index in [1.165, 1.54) is 0 Å². The zero-order valence-corrected chi connectivity index (χ0v) is 9.81. The molecule has 0 saturated heterocycles. The van der Waals surface area contributed by atoms with Gasteiger partial charge >= 0.3 is 45.1 Å². The summed E-state index contributed by atoms with van der Waals surface area (Å²) in [6, 6.07) is 0. The molecule has 7 heavy (non-hydrogen) atoms. The van der Waals surface area contributed by atoms with Crippen molar-refractivity contribution in [2.45, 2.75) is 4.43 Å². The van der Waals surface area contributed by atoms with Crippen molar-refractivity contribution in [3.8, 4) is 7.16 Å². The van der Waals surface area contributed by atoms with E-state index >= 15 is 0 Å². The Morgan fingerprint density at radius 3 is 1.57 bits per heavy atom. The summed E-state index contributed by atoms with van der Waals surface area (Å²) in [7, 11) is 0. The van der Waals surface area contributed by atoms with Crippen LogP contribution in [0.1, 0.15) is 0 Å². The van der Waals surface area contributed by atoms with Crippen molar-refractivity contribution >= 4 is 0 Å². The zero-order valence-electron chi connectivity index (χ0n) is 4.31. The maximum atomic E-state index is 7.97. The fraction of sp³-hybridized carbons (Fsp3) is 0.333. The van der Waals surface area contributed by atoms with Crippen LogP contribution in [0.25, 0.3) is 0 Å². The predicted molar refractivity (Wildman–Crippen MR) is 22.1 cm³/mol. The Morgan fingerprint density at radius 1 is 1.29 bits per heavy atom. The van der Waals surface area contributed by atoms with Gasteiger partial charge in [-0.3, -0.25) is 0 Å². The molecule has 0 aliphatic carbocycles. The fourth-order valence-corrected chi connectivity index (χ4v) is 0.310. The van der Waals surface area contributed by atoms with Gasteiger partial charge in [-0.25, -0.2) is 0 Å². The SMILES string of the molecule is N.[CH3][Hg]([C]#N)[C]#N. The number of nitrogens with zero attached hydrogens (tertiary/aromatic N) is 2. The third-order valence-corrected chi connectivity index (χ3v) is 4.16. The van der Waals surface area contributed by atoms with Gasteiger partial charge in [0, 0.05) is 0 Å². The second kappa shape index (κ2) is 5.88. The van der Waals surface area contributed by atoms with Crippen molar-refractivity contribution < 1.29 is 23.0 Å². The summed E-state index contributed by atoms with van der Waals surface area (Å²) in [5, 5.41) is 15.9. The Labute approximate surface area is 51.4 Å². The van der Waals surface area contributed by atoms with Crippen LogP contribution in [0.15, 0.2) is 0 Å². The van der Waals surface area contributed by atoms with Crippen molar-refractivity contribution in [2.75, 3.05) is 0 Å². The van der Waals surface area contributed by atoms with Gasteiger partial charge < -0.3 is 6.15 Å². The first kappa shape index (κ1) is 9.98. The first-order valence-corrected chi connectivity index (χ1v) is 12.9. The second-order valence-electron chi connectivity index (χ2n) is 1.20. The van der Waals surface area contributed by atoms with Crippen LogP contribution in [0, 0.1) is 17.7 Å². The van der Waals surface area contributed by atoms with Gasteiger partial charge in [-0.05, 0) is 0 Å². The molecule has 0 aliphatic heterocycles. The zero-order chi connectivity index (χ0) is 4.99. The summed E-state index contributed by atoms with van der Waals surface area (Å²) in [4.78, 5) is 0. The molecule has 0 radical (unpaired) electrons. The molecule has 35 valence electrons. The molecule has 0 spiro atoms. The monoisotopic (exact) mass is 286 g/mol. The van der Waals surface area contributed by atoms with Crippen molar-refractivity contribution in [3.63, 3.8) is 0 Å². The van der Waals surface area contributed by atoms with E-state index in [9.17, 15) is 0 Å². The first-order chi connectivity index (χ1) is 2.81. The fourth-order valence-electron chi connectivity index (χ4n) is 0.0354. The molecule has 0 heterocycles. The van der Waals surface area contributed by atoms with Crippen LogP contribution in [0.3, 0.4) is 0 Å². The molecular formula is C3H6HgN3. The van der Waals surface area contributed by atoms with Crippen LogP contribution in [0.5, 0.6) is 0 Å². The molecule has 0 aromatic rings. The van der Waals surface area contributed by atoms with Gasteiger partial charge in [0.15, 0.2) is 0 Å². The van der Waals surface area contributed by atoms with E-state index in [0.717, 1.165) is 0 Å². The normalized spacial score (nSPS) is 4.43.